The number of aromatic nitrogens is 6. The minimum absolute atomic E-state index is 0.0371. The summed E-state index contributed by atoms with van der Waals surface area (Å²) in [6, 6.07) is 6.81. The Morgan fingerprint density at radius 3 is 2.52 bits per heavy atom. The zero-order valence-electron chi connectivity index (χ0n) is 20.7. The molecular formula is C25H21ClF3N7O4. The number of nitrogens with zero attached hydrogens (tertiary/aromatic N) is 7. The summed E-state index contributed by atoms with van der Waals surface area (Å²) in [7, 11) is 0. The fraction of sp³-hybridized carbons (Fsp3) is 0.320. The lowest BCUT2D eigenvalue weighted by atomic mass is 9.90. The predicted octanol–water partition coefficient (Wildman–Crippen LogP) is 2.56. The van der Waals surface area contributed by atoms with Crippen molar-refractivity contribution in [2.75, 3.05) is 6.61 Å². The van der Waals surface area contributed by atoms with Crippen LogP contribution in [0.15, 0.2) is 36.5 Å². The maximum absolute atomic E-state index is 13.8. The number of nitriles is 1. The van der Waals surface area contributed by atoms with Crippen LogP contribution in [0.5, 0.6) is 0 Å². The number of aliphatic hydroxyl groups is 3. The van der Waals surface area contributed by atoms with E-state index in [-0.39, 0.29) is 47.2 Å². The zero-order chi connectivity index (χ0) is 28.7. The lowest BCUT2D eigenvalue weighted by Gasteiger charge is -2.42. The molecule has 3 heterocycles. The van der Waals surface area contributed by atoms with Gasteiger partial charge in [0.05, 0.1) is 23.6 Å². The second kappa shape index (κ2) is 11.0. The lowest BCUT2D eigenvalue weighted by Crippen LogP contribution is -2.52. The number of halogens is 4. The van der Waals surface area contributed by atoms with Gasteiger partial charge < -0.3 is 20.1 Å². The Bertz CT molecular complexity index is 1580. The van der Waals surface area contributed by atoms with Gasteiger partial charge in [-0.1, -0.05) is 16.8 Å². The molecule has 0 unspecified atom stereocenters. The van der Waals surface area contributed by atoms with Crippen LogP contribution in [-0.2, 0) is 4.74 Å². The Balaban J connectivity index is 1.58. The first-order valence-corrected chi connectivity index (χ1v) is 12.3. The van der Waals surface area contributed by atoms with E-state index < -0.39 is 47.9 Å². The molecule has 40 heavy (non-hydrogen) atoms. The van der Waals surface area contributed by atoms with Crippen molar-refractivity contribution in [3.8, 4) is 23.0 Å². The number of benzene rings is 2. The largest absolute Gasteiger partial charge is 0.396 e. The van der Waals surface area contributed by atoms with Crippen LogP contribution in [0.4, 0.5) is 13.2 Å². The summed E-state index contributed by atoms with van der Waals surface area (Å²) in [6.45, 7) is 1.22. The summed E-state index contributed by atoms with van der Waals surface area (Å²) < 4.78 is 49.5. The molecular weight excluding hydrogens is 555 g/mol. The first kappa shape index (κ1) is 27.7. The van der Waals surface area contributed by atoms with Crippen molar-refractivity contribution in [3.05, 3.63) is 76.2 Å². The molecule has 1 aliphatic heterocycles. The van der Waals surface area contributed by atoms with Gasteiger partial charge in [-0.25, -0.2) is 27.5 Å². The van der Waals surface area contributed by atoms with E-state index in [0.29, 0.717) is 5.02 Å². The Hall–Kier alpha value is -3.87. The molecule has 0 saturated carbocycles. The number of aryl methyl sites for hydroxylation is 1. The normalized spacial score (nSPS) is 22.8. The number of ether oxygens (including phenoxy) is 1. The monoisotopic (exact) mass is 575 g/mol. The minimum Gasteiger partial charge on any atom is -0.396 e. The van der Waals surface area contributed by atoms with E-state index in [9.17, 15) is 33.8 Å². The van der Waals surface area contributed by atoms with Crippen molar-refractivity contribution < 1.29 is 33.2 Å². The van der Waals surface area contributed by atoms with Crippen molar-refractivity contribution >= 4 is 11.6 Å². The van der Waals surface area contributed by atoms with Crippen LogP contribution in [0.2, 0.25) is 5.02 Å². The molecule has 0 amide bonds. The lowest BCUT2D eigenvalue weighted by molar-refractivity contribution is -0.205. The summed E-state index contributed by atoms with van der Waals surface area (Å²) in [4.78, 5) is 4.40. The van der Waals surface area contributed by atoms with Gasteiger partial charge in [0.25, 0.3) is 0 Å². The van der Waals surface area contributed by atoms with Crippen LogP contribution in [0.25, 0.3) is 16.9 Å². The van der Waals surface area contributed by atoms with Crippen LogP contribution in [-0.4, -0.2) is 70.0 Å². The Kier molecular flexibility index (Phi) is 7.58. The average molecular weight is 576 g/mol. The molecule has 3 N–H and O–H groups in total. The molecule has 5 rings (SSSR count). The zero-order valence-corrected chi connectivity index (χ0v) is 21.4. The molecule has 1 saturated heterocycles. The van der Waals surface area contributed by atoms with Crippen LogP contribution in [0, 0.1) is 35.7 Å². The first-order chi connectivity index (χ1) is 19.1. The number of hydrogen-bond acceptors (Lipinski definition) is 9. The maximum atomic E-state index is 13.8. The summed E-state index contributed by atoms with van der Waals surface area (Å²) in [5.74, 6) is -4.14. The van der Waals surface area contributed by atoms with Crippen LogP contribution in [0.3, 0.4) is 0 Å². The van der Waals surface area contributed by atoms with Crippen molar-refractivity contribution in [2.24, 2.45) is 0 Å². The van der Waals surface area contributed by atoms with Gasteiger partial charge in [-0.2, -0.15) is 10.4 Å². The van der Waals surface area contributed by atoms with E-state index >= 15 is 0 Å². The van der Waals surface area contributed by atoms with E-state index in [4.69, 9.17) is 16.3 Å². The van der Waals surface area contributed by atoms with E-state index in [1.807, 2.05) is 6.07 Å². The fourth-order valence-corrected chi connectivity index (χ4v) is 4.83. The summed E-state index contributed by atoms with van der Waals surface area (Å²) in [5.41, 5.74) is 0.299. The SMILES string of the molecule is Cc1nc([C@@H]2O[C@H](CCO)[C@H](O)[C@H](n3cc(-c4cc(F)c(F)c(F)c4)nn3)[C@H]2O)n(-c2cc(Cl)ccc2C#N)n1. The molecule has 1 fully saturated rings. The molecule has 0 spiro atoms. The van der Waals surface area contributed by atoms with E-state index in [0.717, 1.165) is 16.8 Å². The molecule has 1 aliphatic rings. The van der Waals surface area contributed by atoms with Crippen molar-refractivity contribution in [3.63, 3.8) is 0 Å². The minimum atomic E-state index is -1.64. The summed E-state index contributed by atoms with van der Waals surface area (Å²) >= 11 is 6.17. The Morgan fingerprint density at radius 1 is 1.12 bits per heavy atom. The number of rotatable bonds is 6. The Morgan fingerprint density at radius 2 is 1.85 bits per heavy atom. The highest BCUT2D eigenvalue weighted by Gasteiger charge is 2.48. The van der Waals surface area contributed by atoms with E-state index in [1.165, 1.54) is 29.1 Å². The fourth-order valence-electron chi connectivity index (χ4n) is 4.67. The molecule has 0 aliphatic carbocycles. The van der Waals surface area contributed by atoms with Crippen molar-refractivity contribution in [1.29, 1.82) is 5.26 Å². The summed E-state index contributed by atoms with van der Waals surface area (Å²) in [5, 5.41) is 54.3. The third-order valence-electron chi connectivity index (χ3n) is 6.52. The van der Waals surface area contributed by atoms with Gasteiger partial charge in [0, 0.05) is 17.2 Å². The standard InChI is InChI=1S/C25H21ClF3N7O4/c1-11-31-25(36(33-11)18-8-14(26)3-2-12(18)9-30)24-23(39)21(22(38)19(40-24)4-5-37)35-10-17(32-34-35)13-6-15(27)20(29)16(28)7-13/h2-3,6-8,10,19,21-24,37-39H,4-5H2,1H3/t19-,21+,22+,23-,24-/m1/s1. The number of hydrogen-bond donors (Lipinski definition) is 3. The second-order valence-corrected chi connectivity index (χ2v) is 9.56. The van der Waals surface area contributed by atoms with Crippen molar-refractivity contribution in [1.82, 2.24) is 29.8 Å². The van der Waals surface area contributed by atoms with Crippen LogP contribution in [0.1, 0.15) is 35.8 Å². The van der Waals surface area contributed by atoms with Gasteiger partial charge in [-0.05, 0) is 43.7 Å². The van der Waals surface area contributed by atoms with Gasteiger partial charge in [-0.3, -0.25) is 0 Å². The Labute approximate surface area is 229 Å². The predicted molar refractivity (Wildman–Crippen MR) is 132 cm³/mol. The summed E-state index contributed by atoms with van der Waals surface area (Å²) in [6.07, 6.45) is -4.07. The molecule has 2 aromatic heterocycles. The van der Waals surface area contributed by atoms with Gasteiger partial charge in [0.15, 0.2) is 23.3 Å². The van der Waals surface area contributed by atoms with Crippen LogP contribution >= 0.6 is 11.6 Å². The molecule has 0 radical (unpaired) electrons. The maximum Gasteiger partial charge on any atom is 0.194 e. The second-order valence-electron chi connectivity index (χ2n) is 9.12. The highest BCUT2D eigenvalue weighted by atomic mass is 35.5. The van der Waals surface area contributed by atoms with Gasteiger partial charge in [0.2, 0.25) is 0 Å². The third-order valence-corrected chi connectivity index (χ3v) is 6.76. The van der Waals surface area contributed by atoms with E-state index in [1.54, 1.807) is 6.92 Å². The molecule has 5 atom stereocenters. The van der Waals surface area contributed by atoms with Gasteiger partial charge in [-0.15, -0.1) is 5.10 Å². The quantitative estimate of drug-likeness (QED) is 0.294. The topological polar surface area (TPSA) is 155 Å². The molecule has 4 aromatic rings. The highest BCUT2D eigenvalue weighted by Crippen LogP contribution is 2.40. The van der Waals surface area contributed by atoms with Gasteiger partial charge >= 0.3 is 0 Å². The smallest absolute Gasteiger partial charge is 0.194 e. The first-order valence-electron chi connectivity index (χ1n) is 12.0. The number of aliphatic hydroxyl groups excluding tert-OH is 3. The highest BCUT2D eigenvalue weighted by molar-refractivity contribution is 6.30. The average Bonchev–Trinajstić information content (AvgIpc) is 3.56. The van der Waals surface area contributed by atoms with Crippen LogP contribution < -0.4 is 0 Å². The molecule has 11 nitrogen and oxygen atoms in total. The molecule has 0 bridgehead atoms. The third kappa shape index (κ3) is 4.93. The molecule has 208 valence electrons. The molecule has 15 heteroatoms. The van der Waals surface area contributed by atoms with Gasteiger partial charge in [0.1, 0.15) is 41.9 Å². The molecule has 2 aromatic carbocycles. The van der Waals surface area contributed by atoms with E-state index in [2.05, 4.69) is 20.4 Å². The van der Waals surface area contributed by atoms with Crippen molar-refractivity contribution in [2.45, 2.75) is 43.8 Å².